The van der Waals surface area contributed by atoms with E-state index in [1.54, 1.807) is 26.8 Å². The molecule has 0 aromatic heterocycles. The maximum absolute atomic E-state index is 12.0. The zero-order valence-corrected chi connectivity index (χ0v) is 11.6. The number of amides is 1. The van der Waals surface area contributed by atoms with Crippen LogP contribution in [0.3, 0.4) is 0 Å². The van der Waals surface area contributed by atoms with E-state index in [1.165, 1.54) is 6.07 Å². The van der Waals surface area contributed by atoms with E-state index in [1.807, 2.05) is 6.92 Å². The van der Waals surface area contributed by atoms with Crippen LogP contribution in [0.5, 0.6) is 0 Å². The SMILES string of the molecule is CCC(C)(N)C(=O)Nc1cc(C)c(C)cc1[N+](=O)[O-]. The number of aryl methyl sites for hydroxylation is 2. The highest BCUT2D eigenvalue weighted by Gasteiger charge is 2.28. The maximum atomic E-state index is 12.0. The van der Waals surface area contributed by atoms with Crippen LogP contribution in [-0.4, -0.2) is 16.4 Å². The molecule has 1 unspecified atom stereocenters. The first-order valence-corrected chi connectivity index (χ1v) is 6.05. The molecule has 104 valence electrons. The third-order valence-corrected chi connectivity index (χ3v) is 3.31. The van der Waals surface area contributed by atoms with Gasteiger partial charge in [-0.1, -0.05) is 6.92 Å². The smallest absolute Gasteiger partial charge is 0.293 e. The Morgan fingerprint density at radius 1 is 1.42 bits per heavy atom. The van der Waals surface area contributed by atoms with Crippen molar-refractivity contribution in [2.75, 3.05) is 5.32 Å². The number of nitro groups is 1. The molecule has 1 atom stereocenters. The molecule has 0 bridgehead atoms. The van der Waals surface area contributed by atoms with Crippen LogP contribution >= 0.6 is 0 Å². The van der Waals surface area contributed by atoms with Gasteiger partial charge in [0.05, 0.1) is 10.5 Å². The summed E-state index contributed by atoms with van der Waals surface area (Å²) >= 11 is 0. The quantitative estimate of drug-likeness (QED) is 0.644. The first kappa shape index (κ1) is 15.1. The van der Waals surface area contributed by atoms with Gasteiger partial charge >= 0.3 is 0 Å². The standard InChI is InChI=1S/C13H19N3O3/c1-5-13(4,14)12(17)15-10-6-8(2)9(3)7-11(10)16(18)19/h6-7H,5,14H2,1-4H3,(H,15,17). The van der Waals surface area contributed by atoms with Crippen molar-refractivity contribution in [1.82, 2.24) is 0 Å². The molecule has 0 aliphatic carbocycles. The van der Waals surface area contributed by atoms with Crippen LogP contribution in [0.4, 0.5) is 11.4 Å². The number of nitrogens with two attached hydrogens (primary N) is 1. The molecule has 1 rings (SSSR count). The number of hydrogen-bond acceptors (Lipinski definition) is 4. The highest BCUT2D eigenvalue weighted by atomic mass is 16.6. The van der Waals surface area contributed by atoms with E-state index < -0.39 is 16.4 Å². The summed E-state index contributed by atoms with van der Waals surface area (Å²) in [4.78, 5) is 22.5. The molecule has 0 aliphatic rings. The predicted molar refractivity (Wildman–Crippen MR) is 74.1 cm³/mol. The van der Waals surface area contributed by atoms with E-state index in [0.29, 0.717) is 6.42 Å². The Morgan fingerprint density at radius 3 is 2.42 bits per heavy atom. The van der Waals surface area contributed by atoms with Crippen molar-refractivity contribution in [3.63, 3.8) is 0 Å². The number of rotatable bonds is 4. The van der Waals surface area contributed by atoms with Gasteiger partial charge in [-0.3, -0.25) is 14.9 Å². The van der Waals surface area contributed by atoms with E-state index >= 15 is 0 Å². The third kappa shape index (κ3) is 3.29. The van der Waals surface area contributed by atoms with Gasteiger partial charge in [-0.2, -0.15) is 0 Å². The van der Waals surface area contributed by atoms with Crippen molar-refractivity contribution < 1.29 is 9.72 Å². The average Bonchev–Trinajstić information content (AvgIpc) is 2.32. The Bertz CT molecular complexity index is 524. The van der Waals surface area contributed by atoms with Gasteiger partial charge in [0, 0.05) is 6.07 Å². The van der Waals surface area contributed by atoms with Crippen LogP contribution < -0.4 is 11.1 Å². The molecule has 0 aliphatic heterocycles. The Labute approximate surface area is 112 Å². The second-order valence-electron chi connectivity index (χ2n) is 4.94. The lowest BCUT2D eigenvalue weighted by molar-refractivity contribution is -0.384. The van der Waals surface area contributed by atoms with Crippen LogP contribution in [-0.2, 0) is 4.79 Å². The summed E-state index contributed by atoms with van der Waals surface area (Å²) in [7, 11) is 0. The zero-order chi connectivity index (χ0) is 14.8. The maximum Gasteiger partial charge on any atom is 0.293 e. The van der Waals surface area contributed by atoms with Crippen LogP contribution in [0.25, 0.3) is 0 Å². The van der Waals surface area contributed by atoms with Crippen molar-refractivity contribution in [3.05, 3.63) is 33.4 Å². The number of benzene rings is 1. The van der Waals surface area contributed by atoms with Crippen LogP contribution in [0.15, 0.2) is 12.1 Å². The number of nitrogens with one attached hydrogen (secondary N) is 1. The van der Waals surface area contributed by atoms with Gasteiger partial charge in [0.15, 0.2) is 0 Å². The van der Waals surface area contributed by atoms with E-state index in [2.05, 4.69) is 5.32 Å². The van der Waals surface area contributed by atoms with Gasteiger partial charge in [0.1, 0.15) is 5.69 Å². The molecule has 0 saturated carbocycles. The lowest BCUT2D eigenvalue weighted by Crippen LogP contribution is -2.47. The molecule has 0 saturated heterocycles. The monoisotopic (exact) mass is 265 g/mol. The molecule has 19 heavy (non-hydrogen) atoms. The van der Waals surface area contributed by atoms with Crippen molar-refractivity contribution in [2.24, 2.45) is 5.73 Å². The molecule has 1 aromatic rings. The first-order chi connectivity index (χ1) is 8.69. The summed E-state index contributed by atoms with van der Waals surface area (Å²) in [6, 6.07) is 3.04. The Kier molecular flexibility index (Phi) is 4.26. The van der Waals surface area contributed by atoms with Gasteiger partial charge < -0.3 is 11.1 Å². The van der Waals surface area contributed by atoms with Gasteiger partial charge in [-0.15, -0.1) is 0 Å². The second kappa shape index (κ2) is 5.36. The molecular weight excluding hydrogens is 246 g/mol. The van der Waals surface area contributed by atoms with Gasteiger partial charge in [0.25, 0.3) is 5.69 Å². The average molecular weight is 265 g/mol. The molecule has 0 fully saturated rings. The van der Waals surface area contributed by atoms with Crippen LogP contribution in [0.2, 0.25) is 0 Å². The summed E-state index contributed by atoms with van der Waals surface area (Å²) in [5.41, 5.74) is 6.51. The number of anilines is 1. The van der Waals surface area contributed by atoms with Gasteiger partial charge in [-0.05, 0) is 44.4 Å². The number of nitrogens with zero attached hydrogens (tertiary/aromatic N) is 1. The highest BCUT2D eigenvalue weighted by molar-refractivity contribution is 5.99. The Balaban J connectivity index is 3.17. The minimum Gasteiger partial charge on any atom is -0.319 e. The van der Waals surface area contributed by atoms with E-state index in [0.717, 1.165) is 11.1 Å². The van der Waals surface area contributed by atoms with Crippen LogP contribution in [0, 0.1) is 24.0 Å². The Morgan fingerprint density at radius 2 is 1.95 bits per heavy atom. The highest BCUT2D eigenvalue weighted by Crippen LogP contribution is 2.28. The molecule has 1 amide bonds. The summed E-state index contributed by atoms with van der Waals surface area (Å²) < 4.78 is 0. The fraction of sp³-hybridized carbons (Fsp3) is 0.462. The summed E-state index contributed by atoms with van der Waals surface area (Å²) in [6.45, 7) is 6.99. The molecule has 1 aromatic carbocycles. The lowest BCUT2D eigenvalue weighted by Gasteiger charge is -2.21. The second-order valence-corrected chi connectivity index (χ2v) is 4.94. The van der Waals surface area contributed by atoms with E-state index in [9.17, 15) is 14.9 Å². The predicted octanol–water partition coefficient (Wildman–Crippen LogP) is 2.28. The molecule has 6 nitrogen and oxygen atoms in total. The molecule has 0 heterocycles. The van der Waals surface area contributed by atoms with Gasteiger partial charge in [0.2, 0.25) is 5.91 Å². The topological polar surface area (TPSA) is 98.3 Å². The van der Waals surface area contributed by atoms with Crippen molar-refractivity contribution in [3.8, 4) is 0 Å². The first-order valence-electron chi connectivity index (χ1n) is 6.05. The molecule has 0 radical (unpaired) electrons. The summed E-state index contributed by atoms with van der Waals surface area (Å²) in [5, 5.41) is 13.6. The number of carbonyl (C=O) groups is 1. The molecule has 0 spiro atoms. The van der Waals surface area contributed by atoms with Crippen molar-refractivity contribution in [1.29, 1.82) is 0 Å². The van der Waals surface area contributed by atoms with Gasteiger partial charge in [-0.25, -0.2) is 0 Å². The van der Waals surface area contributed by atoms with E-state index in [-0.39, 0.29) is 11.4 Å². The van der Waals surface area contributed by atoms with Crippen molar-refractivity contribution in [2.45, 2.75) is 39.7 Å². The Hall–Kier alpha value is -1.95. The minimum atomic E-state index is -1.05. The van der Waals surface area contributed by atoms with Crippen LogP contribution in [0.1, 0.15) is 31.4 Å². The zero-order valence-electron chi connectivity index (χ0n) is 11.6. The molecular formula is C13H19N3O3. The number of carbonyl (C=O) groups excluding carboxylic acids is 1. The lowest BCUT2D eigenvalue weighted by atomic mass is 9.99. The minimum absolute atomic E-state index is 0.122. The largest absolute Gasteiger partial charge is 0.319 e. The fourth-order valence-corrected chi connectivity index (χ4v) is 1.48. The molecule has 6 heteroatoms. The third-order valence-electron chi connectivity index (χ3n) is 3.31. The summed E-state index contributed by atoms with van der Waals surface area (Å²) in [6.07, 6.45) is 0.442. The summed E-state index contributed by atoms with van der Waals surface area (Å²) in [5.74, 6) is -0.429. The molecule has 3 N–H and O–H groups in total. The number of hydrogen-bond donors (Lipinski definition) is 2. The fourth-order valence-electron chi connectivity index (χ4n) is 1.48. The normalized spacial score (nSPS) is 13.7. The number of nitro benzene ring substituents is 1. The van der Waals surface area contributed by atoms with E-state index in [4.69, 9.17) is 5.73 Å². The van der Waals surface area contributed by atoms with Crippen molar-refractivity contribution >= 4 is 17.3 Å².